The number of methoxy groups -OCH3 is 1. The number of pyridine rings is 1. The van der Waals surface area contributed by atoms with Gasteiger partial charge < -0.3 is 10.1 Å². The maximum atomic E-state index is 12.9. The van der Waals surface area contributed by atoms with Crippen molar-refractivity contribution in [2.45, 2.75) is 67.2 Å². The van der Waals surface area contributed by atoms with Gasteiger partial charge in [-0.25, -0.2) is 4.98 Å². The molecule has 3 rings (SSSR count). The van der Waals surface area contributed by atoms with Gasteiger partial charge in [0.15, 0.2) is 0 Å². The van der Waals surface area contributed by atoms with Crippen LogP contribution in [0.1, 0.15) is 46.5 Å². The van der Waals surface area contributed by atoms with Gasteiger partial charge >= 0.3 is 0 Å². The summed E-state index contributed by atoms with van der Waals surface area (Å²) in [7, 11) is 1.60. The molecule has 1 heterocycles. The molecule has 0 atom stereocenters. The molecule has 0 radical (unpaired) electrons. The van der Waals surface area contributed by atoms with E-state index in [2.05, 4.69) is 35.8 Å². The van der Waals surface area contributed by atoms with Gasteiger partial charge in [-0.1, -0.05) is 41.9 Å². The molecule has 2 aromatic rings. The first-order valence-corrected chi connectivity index (χ1v) is 12.0. The van der Waals surface area contributed by atoms with E-state index in [1.807, 2.05) is 36.4 Å². The minimum Gasteiger partial charge on any atom is -0.481 e. The van der Waals surface area contributed by atoms with Crippen molar-refractivity contribution < 1.29 is 9.53 Å². The molecule has 1 aliphatic rings. The second kappa shape index (κ2) is 10.6. The zero-order valence-corrected chi connectivity index (χ0v) is 19.7. The lowest BCUT2D eigenvalue weighted by Crippen LogP contribution is -2.35. The molecule has 0 aliphatic heterocycles. The van der Waals surface area contributed by atoms with Gasteiger partial charge in [0, 0.05) is 27.7 Å². The Bertz CT molecular complexity index is 832. The Morgan fingerprint density at radius 2 is 1.77 bits per heavy atom. The summed E-state index contributed by atoms with van der Waals surface area (Å²) in [6.45, 7) is 6.62. The van der Waals surface area contributed by atoms with Crippen molar-refractivity contribution >= 4 is 35.3 Å². The van der Waals surface area contributed by atoms with E-state index in [0.717, 1.165) is 41.3 Å². The minimum absolute atomic E-state index is 0.0411. The van der Waals surface area contributed by atoms with Gasteiger partial charge in [0.25, 0.3) is 0 Å². The zero-order chi connectivity index (χ0) is 21.6. The monoisotopic (exact) mass is 445 g/mol. The zero-order valence-electron chi connectivity index (χ0n) is 18.1. The van der Waals surface area contributed by atoms with E-state index in [1.165, 1.54) is 11.8 Å². The van der Waals surface area contributed by atoms with Crippen LogP contribution in [0.25, 0.3) is 0 Å². The predicted molar refractivity (Wildman–Crippen MR) is 126 cm³/mol. The topological polar surface area (TPSA) is 63.2 Å². The van der Waals surface area contributed by atoms with Crippen molar-refractivity contribution in [3.05, 3.63) is 42.5 Å². The average Bonchev–Trinajstić information content (AvgIpc) is 2.74. The number of carbonyl (C=O) groups is 1. The Hall–Kier alpha value is -1.70. The average molecular weight is 446 g/mol. The third kappa shape index (κ3) is 6.93. The van der Waals surface area contributed by atoms with E-state index >= 15 is 0 Å². The largest absolute Gasteiger partial charge is 0.481 e. The maximum Gasteiger partial charge on any atom is 0.227 e. The van der Waals surface area contributed by atoms with Crippen molar-refractivity contribution in [2.24, 2.45) is 5.92 Å². The van der Waals surface area contributed by atoms with Gasteiger partial charge in [0.2, 0.25) is 11.8 Å². The van der Waals surface area contributed by atoms with Crippen LogP contribution in [-0.2, 0) is 4.79 Å². The number of carbonyl (C=O) groups excluding carboxylic acids is 1. The highest BCUT2D eigenvalue weighted by Crippen LogP contribution is 2.35. The lowest BCUT2D eigenvalue weighted by atomic mass is 9.86. The molecule has 30 heavy (non-hydrogen) atoms. The molecule has 1 fully saturated rings. The lowest BCUT2D eigenvalue weighted by molar-refractivity contribution is -0.120. The first-order valence-electron chi connectivity index (χ1n) is 10.4. The summed E-state index contributed by atoms with van der Waals surface area (Å²) < 4.78 is 9.06. The molecule has 1 saturated carbocycles. The van der Waals surface area contributed by atoms with Crippen molar-refractivity contribution in [1.29, 1.82) is 0 Å². The number of ether oxygens (including phenoxy) is 1. The minimum atomic E-state index is 0.0411. The molecule has 0 saturated heterocycles. The van der Waals surface area contributed by atoms with E-state index in [9.17, 15) is 4.79 Å². The highest BCUT2D eigenvalue weighted by atomic mass is 32.2. The second-order valence-electron chi connectivity index (χ2n) is 8.49. The van der Waals surface area contributed by atoms with Gasteiger partial charge in [-0.05, 0) is 64.7 Å². The molecular weight excluding hydrogens is 414 g/mol. The molecule has 0 spiro atoms. The van der Waals surface area contributed by atoms with Gasteiger partial charge in [0.05, 0.1) is 12.8 Å². The van der Waals surface area contributed by atoms with Gasteiger partial charge in [-0.15, -0.1) is 0 Å². The molecule has 5 nitrogen and oxygen atoms in total. The molecule has 1 amide bonds. The van der Waals surface area contributed by atoms with Crippen LogP contribution >= 0.6 is 23.7 Å². The van der Waals surface area contributed by atoms with Crippen LogP contribution in [0.15, 0.2) is 52.4 Å². The number of aromatic nitrogens is 1. The van der Waals surface area contributed by atoms with Crippen LogP contribution < -0.4 is 14.8 Å². The Balaban J connectivity index is 1.61. The smallest absolute Gasteiger partial charge is 0.227 e. The normalized spacial score (nSPS) is 19.3. The van der Waals surface area contributed by atoms with Crippen LogP contribution in [0.4, 0.5) is 5.69 Å². The number of amides is 1. The summed E-state index contributed by atoms with van der Waals surface area (Å²) >= 11 is 3.31. The standard InChI is InChI=1S/C23H31N3O2S2/c1-23(2,3)30-26-17-12-10-16(11-13-17)21(27)24-19-14-15-20(28-4)25-22(19)29-18-8-6-5-7-9-18/h5-9,14-17,26H,10-13H2,1-4H3,(H,24,27). The van der Waals surface area contributed by atoms with E-state index in [4.69, 9.17) is 4.74 Å². The van der Waals surface area contributed by atoms with Crippen LogP contribution in [0.2, 0.25) is 0 Å². The Labute approximate surface area is 188 Å². The number of hydrogen-bond donors (Lipinski definition) is 2. The fourth-order valence-corrected chi connectivity index (χ4v) is 4.92. The first-order chi connectivity index (χ1) is 14.3. The number of nitrogens with zero attached hydrogens (tertiary/aromatic N) is 1. The number of benzene rings is 1. The van der Waals surface area contributed by atoms with E-state index in [-0.39, 0.29) is 16.6 Å². The van der Waals surface area contributed by atoms with Crippen molar-refractivity contribution in [2.75, 3.05) is 12.4 Å². The molecule has 1 aromatic heterocycles. The van der Waals surface area contributed by atoms with Crippen molar-refractivity contribution in [1.82, 2.24) is 9.71 Å². The summed E-state index contributed by atoms with van der Waals surface area (Å²) in [5.74, 6) is 0.660. The predicted octanol–water partition coefficient (Wildman–Crippen LogP) is 5.78. The summed E-state index contributed by atoms with van der Waals surface area (Å²) in [6.07, 6.45) is 3.85. The molecule has 162 valence electrons. The lowest BCUT2D eigenvalue weighted by Gasteiger charge is -2.30. The summed E-state index contributed by atoms with van der Waals surface area (Å²) in [5, 5.41) is 3.86. The third-order valence-electron chi connectivity index (χ3n) is 4.89. The summed E-state index contributed by atoms with van der Waals surface area (Å²) in [4.78, 5) is 18.6. The van der Waals surface area contributed by atoms with Gasteiger partial charge in [-0.3, -0.25) is 9.52 Å². The number of nitrogens with one attached hydrogen (secondary N) is 2. The third-order valence-corrected chi connectivity index (χ3v) is 6.97. The number of hydrogen-bond acceptors (Lipinski definition) is 6. The first kappa shape index (κ1) is 23.0. The van der Waals surface area contributed by atoms with Crippen LogP contribution in [0.5, 0.6) is 5.88 Å². The second-order valence-corrected chi connectivity index (χ2v) is 11.2. The van der Waals surface area contributed by atoms with Crippen molar-refractivity contribution in [3.8, 4) is 5.88 Å². The number of rotatable bonds is 7. The maximum absolute atomic E-state index is 12.9. The van der Waals surface area contributed by atoms with E-state index in [0.29, 0.717) is 11.9 Å². The van der Waals surface area contributed by atoms with Gasteiger partial charge in [0.1, 0.15) is 5.03 Å². The van der Waals surface area contributed by atoms with Crippen molar-refractivity contribution in [3.63, 3.8) is 0 Å². The van der Waals surface area contributed by atoms with E-state index < -0.39 is 0 Å². The van der Waals surface area contributed by atoms with Crippen LogP contribution in [-0.4, -0.2) is 28.8 Å². The molecule has 2 N–H and O–H groups in total. The molecule has 1 aromatic carbocycles. The molecular formula is C23H31N3O2S2. The highest BCUT2D eigenvalue weighted by Gasteiger charge is 2.27. The Morgan fingerprint density at radius 3 is 2.40 bits per heavy atom. The number of anilines is 1. The SMILES string of the molecule is COc1ccc(NC(=O)C2CCC(NSC(C)(C)C)CC2)c(Sc2ccccc2)n1. The Morgan fingerprint density at radius 1 is 1.07 bits per heavy atom. The molecule has 1 aliphatic carbocycles. The van der Waals surface area contributed by atoms with Gasteiger partial charge in [-0.2, -0.15) is 0 Å². The van der Waals surface area contributed by atoms with Crippen LogP contribution in [0, 0.1) is 5.92 Å². The summed E-state index contributed by atoms with van der Waals surface area (Å²) in [5.41, 5.74) is 0.734. The fourth-order valence-electron chi connectivity index (χ4n) is 3.28. The van der Waals surface area contributed by atoms with E-state index in [1.54, 1.807) is 25.1 Å². The summed E-state index contributed by atoms with van der Waals surface area (Å²) in [6, 6.07) is 14.2. The molecule has 0 unspecified atom stereocenters. The molecule has 7 heteroatoms. The quantitative estimate of drug-likeness (QED) is 0.527. The van der Waals surface area contributed by atoms with Crippen LogP contribution in [0.3, 0.4) is 0 Å². The highest BCUT2D eigenvalue weighted by molar-refractivity contribution is 7.99. The molecule has 0 bridgehead atoms. The Kier molecular flexibility index (Phi) is 8.08. The fraction of sp³-hybridized carbons (Fsp3) is 0.478.